The summed E-state index contributed by atoms with van der Waals surface area (Å²) < 4.78 is 5.55. The molecular weight excluding hydrogens is 224 g/mol. The summed E-state index contributed by atoms with van der Waals surface area (Å²) in [5.41, 5.74) is 0. The Kier molecular flexibility index (Phi) is 7.87. The lowest BCUT2D eigenvalue weighted by atomic mass is 10.0. The van der Waals surface area contributed by atoms with Crippen molar-refractivity contribution < 1.29 is 4.74 Å². The van der Waals surface area contributed by atoms with Crippen molar-refractivity contribution >= 4 is 0 Å². The summed E-state index contributed by atoms with van der Waals surface area (Å²) in [4.78, 5) is 2.50. The molecule has 0 aliphatic carbocycles. The molecule has 0 radical (unpaired) electrons. The Balaban J connectivity index is 2.09. The lowest BCUT2D eigenvalue weighted by Crippen LogP contribution is -2.38. The molecule has 0 aromatic heterocycles. The maximum Gasteiger partial charge on any atom is 0.0506 e. The van der Waals surface area contributed by atoms with E-state index in [1.807, 2.05) is 0 Å². The molecule has 1 aliphatic heterocycles. The minimum atomic E-state index is 0.659. The van der Waals surface area contributed by atoms with Crippen LogP contribution in [0.15, 0.2) is 0 Å². The van der Waals surface area contributed by atoms with Gasteiger partial charge in [-0.25, -0.2) is 0 Å². The Morgan fingerprint density at radius 2 is 2.11 bits per heavy atom. The first-order chi connectivity index (χ1) is 8.59. The number of nitrogens with zero attached hydrogens (tertiary/aromatic N) is 1. The fraction of sp³-hybridized carbons (Fsp3) is 1.00. The Morgan fingerprint density at radius 1 is 1.33 bits per heavy atom. The molecule has 1 saturated heterocycles. The van der Waals surface area contributed by atoms with E-state index in [2.05, 4.69) is 38.0 Å². The molecule has 18 heavy (non-hydrogen) atoms. The van der Waals surface area contributed by atoms with E-state index >= 15 is 0 Å². The molecule has 108 valence electrons. The maximum absolute atomic E-state index is 5.55. The van der Waals surface area contributed by atoms with E-state index in [-0.39, 0.29) is 0 Å². The molecule has 2 unspecified atom stereocenters. The average Bonchev–Trinajstić information content (AvgIpc) is 2.35. The van der Waals surface area contributed by atoms with Gasteiger partial charge in [0.05, 0.1) is 6.61 Å². The molecule has 0 amide bonds. The van der Waals surface area contributed by atoms with Gasteiger partial charge >= 0.3 is 0 Å². The highest BCUT2D eigenvalue weighted by molar-refractivity contribution is 4.71. The first-order valence-corrected chi connectivity index (χ1v) is 7.58. The number of hydrogen-bond donors (Lipinski definition) is 1. The van der Waals surface area contributed by atoms with Crippen molar-refractivity contribution in [1.82, 2.24) is 10.2 Å². The molecule has 0 aromatic carbocycles. The van der Waals surface area contributed by atoms with Crippen molar-refractivity contribution in [3.8, 4) is 0 Å². The van der Waals surface area contributed by atoms with Crippen LogP contribution in [0.1, 0.15) is 40.0 Å². The highest BCUT2D eigenvalue weighted by Gasteiger charge is 2.18. The van der Waals surface area contributed by atoms with Gasteiger partial charge in [0.25, 0.3) is 0 Å². The SMILES string of the molecule is CC(C)CNCCC(C)N(C)CC1CCCOC1. The predicted octanol–water partition coefficient (Wildman–Crippen LogP) is 2.37. The number of rotatable bonds is 8. The van der Waals surface area contributed by atoms with Crippen LogP contribution >= 0.6 is 0 Å². The zero-order chi connectivity index (χ0) is 13.4. The molecule has 0 spiro atoms. The van der Waals surface area contributed by atoms with Crippen LogP contribution in [0.25, 0.3) is 0 Å². The standard InChI is InChI=1S/C15H32N2O/c1-13(2)10-16-8-7-14(3)17(4)11-15-6-5-9-18-12-15/h13-16H,5-12H2,1-4H3. The van der Waals surface area contributed by atoms with Gasteiger partial charge in [-0.2, -0.15) is 0 Å². The van der Waals surface area contributed by atoms with E-state index < -0.39 is 0 Å². The molecular formula is C15H32N2O. The quantitative estimate of drug-likeness (QED) is 0.675. The number of ether oxygens (including phenoxy) is 1. The molecule has 1 heterocycles. The van der Waals surface area contributed by atoms with E-state index in [1.165, 1.54) is 25.8 Å². The van der Waals surface area contributed by atoms with Crippen LogP contribution in [0.3, 0.4) is 0 Å². The van der Waals surface area contributed by atoms with Crippen molar-refractivity contribution in [3.63, 3.8) is 0 Å². The van der Waals surface area contributed by atoms with Crippen molar-refractivity contribution in [2.45, 2.75) is 46.1 Å². The van der Waals surface area contributed by atoms with Crippen LogP contribution in [0, 0.1) is 11.8 Å². The third-order valence-electron chi connectivity index (χ3n) is 3.84. The zero-order valence-electron chi connectivity index (χ0n) is 12.7. The third kappa shape index (κ3) is 6.72. The summed E-state index contributed by atoms with van der Waals surface area (Å²) in [6.45, 7) is 12.2. The van der Waals surface area contributed by atoms with E-state index in [0.717, 1.165) is 38.1 Å². The average molecular weight is 256 g/mol. The predicted molar refractivity (Wildman–Crippen MR) is 78.0 cm³/mol. The van der Waals surface area contributed by atoms with Gasteiger partial charge in [0, 0.05) is 19.2 Å². The van der Waals surface area contributed by atoms with Crippen LogP contribution in [-0.2, 0) is 4.74 Å². The van der Waals surface area contributed by atoms with Crippen molar-refractivity contribution in [3.05, 3.63) is 0 Å². The van der Waals surface area contributed by atoms with Gasteiger partial charge in [0.1, 0.15) is 0 Å². The summed E-state index contributed by atoms with van der Waals surface area (Å²) in [5.74, 6) is 1.49. The van der Waals surface area contributed by atoms with Gasteiger partial charge < -0.3 is 15.0 Å². The molecule has 1 aliphatic rings. The highest BCUT2D eigenvalue weighted by atomic mass is 16.5. The smallest absolute Gasteiger partial charge is 0.0506 e. The molecule has 0 saturated carbocycles. The molecule has 1 fully saturated rings. The Bertz CT molecular complexity index is 203. The lowest BCUT2D eigenvalue weighted by Gasteiger charge is -2.31. The van der Waals surface area contributed by atoms with Crippen molar-refractivity contribution in [2.75, 3.05) is 39.9 Å². The van der Waals surface area contributed by atoms with Gasteiger partial charge in [-0.3, -0.25) is 0 Å². The monoisotopic (exact) mass is 256 g/mol. The van der Waals surface area contributed by atoms with Crippen LogP contribution < -0.4 is 5.32 Å². The maximum atomic E-state index is 5.55. The largest absolute Gasteiger partial charge is 0.381 e. The first-order valence-electron chi connectivity index (χ1n) is 7.58. The topological polar surface area (TPSA) is 24.5 Å². The van der Waals surface area contributed by atoms with Crippen LogP contribution in [0.4, 0.5) is 0 Å². The van der Waals surface area contributed by atoms with Crippen LogP contribution in [0.5, 0.6) is 0 Å². The van der Waals surface area contributed by atoms with E-state index in [0.29, 0.717) is 6.04 Å². The highest BCUT2D eigenvalue weighted by Crippen LogP contribution is 2.15. The molecule has 1 N–H and O–H groups in total. The number of hydrogen-bond acceptors (Lipinski definition) is 3. The lowest BCUT2D eigenvalue weighted by molar-refractivity contribution is 0.0368. The van der Waals surface area contributed by atoms with Crippen molar-refractivity contribution in [2.24, 2.45) is 11.8 Å². The van der Waals surface area contributed by atoms with E-state index in [4.69, 9.17) is 4.74 Å². The van der Waals surface area contributed by atoms with Gasteiger partial charge in [-0.1, -0.05) is 13.8 Å². The summed E-state index contributed by atoms with van der Waals surface area (Å²) in [5, 5.41) is 3.52. The fourth-order valence-electron chi connectivity index (χ4n) is 2.46. The summed E-state index contributed by atoms with van der Waals surface area (Å²) in [6, 6.07) is 0.659. The molecule has 0 bridgehead atoms. The minimum Gasteiger partial charge on any atom is -0.381 e. The van der Waals surface area contributed by atoms with Gasteiger partial charge in [-0.15, -0.1) is 0 Å². The summed E-state index contributed by atoms with van der Waals surface area (Å²) >= 11 is 0. The van der Waals surface area contributed by atoms with Crippen LogP contribution in [0.2, 0.25) is 0 Å². The minimum absolute atomic E-state index is 0.659. The Hall–Kier alpha value is -0.120. The molecule has 3 nitrogen and oxygen atoms in total. The number of nitrogens with one attached hydrogen (secondary N) is 1. The normalized spacial score (nSPS) is 22.7. The second-order valence-electron chi connectivity index (χ2n) is 6.26. The Labute approximate surface area is 113 Å². The molecule has 1 rings (SSSR count). The van der Waals surface area contributed by atoms with E-state index in [9.17, 15) is 0 Å². The van der Waals surface area contributed by atoms with Crippen molar-refractivity contribution in [1.29, 1.82) is 0 Å². The molecule has 0 aromatic rings. The van der Waals surface area contributed by atoms with Gasteiger partial charge in [0.15, 0.2) is 0 Å². The fourth-order valence-corrected chi connectivity index (χ4v) is 2.46. The second-order valence-corrected chi connectivity index (χ2v) is 6.26. The van der Waals surface area contributed by atoms with E-state index in [1.54, 1.807) is 0 Å². The van der Waals surface area contributed by atoms with Gasteiger partial charge in [-0.05, 0) is 58.2 Å². The van der Waals surface area contributed by atoms with Crippen LogP contribution in [-0.4, -0.2) is 50.8 Å². The molecule has 2 atom stereocenters. The van der Waals surface area contributed by atoms with Gasteiger partial charge in [0.2, 0.25) is 0 Å². The molecule has 3 heteroatoms. The summed E-state index contributed by atoms with van der Waals surface area (Å²) in [7, 11) is 2.25. The first kappa shape index (κ1) is 15.9. The zero-order valence-corrected chi connectivity index (χ0v) is 12.7. The second kappa shape index (κ2) is 8.89. The summed E-state index contributed by atoms with van der Waals surface area (Å²) in [6.07, 6.45) is 3.81. The third-order valence-corrected chi connectivity index (χ3v) is 3.84. The Morgan fingerprint density at radius 3 is 2.72 bits per heavy atom.